The molecule has 1 atom stereocenters. The number of amides is 1. The number of hydrogen-bond donors (Lipinski definition) is 1. The molecule has 0 saturated carbocycles. The van der Waals surface area contributed by atoms with Gasteiger partial charge in [-0.1, -0.05) is 36.8 Å². The topological polar surface area (TPSA) is 75.7 Å². The summed E-state index contributed by atoms with van der Waals surface area (Å²) >= 11 is 0. The fourth-order valence-corrected chi connectivity index (χ4v) is 5.23. The highest BCUT2D eigenvalue weighted by molar-refractivity contribution is 7.89. The number of hydrogen-bond acceptors (Lipinski definition) is 4. The van der Waals surface area contributed by atoms with E-state index in [4.69, 9.17) is 4.74 Å². The number of piperidine rings is 1. The van der Waals surface area contributed by atoms with E-state index in [2.05, 4.69) is 5.32 Å². The van der Waals surface area contributed by atoms with Gasteiger partial charge in [-0.25, -0.2) is 8.42 Å². The second-order valence-corrected chi connectivity index (χ2v) is 9.67. The Bertz CT molecular complexity index is 948. The van der Waals surface area contributed by atoms with Crippen molar-refractivity contribution >= 4 is 15.9 Å². The zero-order valence-corrected chi connectivity index (χ0v) is 18.6. The van der Waals surface area contributed by atoms with Crippen LogP contribution in [-0.4, -0.2) is 38.8 Å². The molecule has 3 rings (SSSR count). The quantitative estimate of drug-likeness (QED) is 0.727. The number of methoxy groups -OCH3 is 1. The van der Waals surface area contributed by atoms with Crippen LogP contribution in [0.2, 0.25) is 0 Å². The number of carbonyl (C=O) groups is 1. The molecule has 0 aliphatic carbocycles. The fourth-order valence-electron chi connectivity index (χ4n) is 3.76. The summed E-state index contributed by atoms with van der Waals surface area (Å²) in [6.45, 7) is 4.67. The lowest BCUT2D eigenvalue weighted by atomic mass is 9.95. The molecule has 2 aromatic rings. The van der Waals surface area contributed by atoms with Crippen molar-refractivity contribution in [3.63, 3.8) is 0 Å². The third-order valence-corrected chi connectivity index (χ3v) is 7.64. The molecule has 1 saturated heterocycles. The molecule has 1 fully saturated rings. The van der Waals surface area contributed by atoms with Crippen molar-refractivity contribution < 1.29 is 17.9 Å². The highest BCUT2D eigenvalue weighted by Gasteiger charge is 2.32. The molecule has 1 heterocycles. The van der Waals surface area contributed by atoms with Gasteiger partial charge in [-0.3, -0.25) is 4.79 Å². The maximum atomic E-state index is 12.9. The summed E-state index contributed by atoms with van der Waals surface area (Å²) in [5, 5.41) is 3.13. The van der Waals surface area contributed by atoms with E-state index in [1.165, 1.54) is 4.31 Å². The average molecular weight is 431 g/mol. The summed E-state index contributed by atoms with van der Waals surface area (Å²) in [5.41, 5.74) is 2.05. The van der Waals surface area contributed by atoms with Gasteiger partial charge >= 0.3 is 0 Å². The average Bonchev–Trinajstić information content (AvgIpc) is 2.78. The minimum absolute atomic E-state index is 0.00921. The standard InChI is InChI=1S/C23H30N2O4S/c1-4-22(18-7-9-20(29-3)10-8-18)24-23(26)19-13-15-25(16-14-19)30(27,28)21-11-5-17(2)6-12-21/h5-12,19,22H,4,13-16H2,1-3H3,(H,24,26)/t22-/m0/s1. The van der Waals surface area contributed by atoms with E-state index >= 15 is 0 Å². The molecule has 7 heteroatoms. The van der Waals surface area contributed by atoms with Crippen LogP contribution in [0.15, 0.2) is 53.4 Å². The Morgan fingerprint density at radius 2 is 1.70 bits per heavy atom. The molecule has 1 amide bonds. The van der Waals surface area contributed by atoms with Crippen LogP contribution in [0.4, 0.5) is 0 Å². The normalized spacial score (nSPS) is 16.8. The minimum Gasteiger partial charge on any atom is -0.497 e. The summed E-state index contributed by atoms with van der Waals surface area (Å²) in [7, 11) is -1.89. The lowest BCUT2D eigenvalue weighted by Crippen LogP contribution is -2.43. The first kappa shape index (κ1) is 22.3. The molecule has 0 unspecified atom stereocenters. The predicted octanol–water partition coefficient (Wildman–Crippen LogP) is 3.67. The van der Waals surface area contributed by atoms with Crippen LogP contribution >= 0.6 is 0 Å². The van der Waals surface area contributed by atoms with Gasteiger partial charge in [-0.15, -0.1) is 0 Å². The molecule has 1 N–H and O–H groups in total. The number of carbonyl (C=O) groups excluding carboxylic acids is 1. The number of nitrogens with zero attached hydrogens (tertiary/aromatic N) is 1. The number of nitrogens with one attached hydrogen (secondary N) is 1. The SMILES string of the molecule is CC[C@H](NC(=O)C1CCN(S(=O)(=O)c2ccc(C)cc2)CC1)c1ccc(OC)cc1. The Balaban J connectivity index is 1.59. The van der Waals surface area contributed by atoms with E-state index in [-0.39, 0.29) is 17.9 Å². The van der Waals surface area contributed by atoms with Gasteiger partial charge in [-0.05, 0) is 56.0 Å². The van der Waals surface area contributed by atoms with Crippen molar-refractivity contribution in [3.8, 4) is 5.75 Å². The van der Waals surface area contributed by atoms with E-state index in [0.717, 1.165) is 23.3 Å². The first-order valence-electron chi connectivity index (χ1n) is 10.4. The van der Waals surface area contributed by atoms with Crippen molar-refractivity contribution in [3.05, 3.63) is 59.7 Å². The lowest BCUT2D eigenvalue weighted by Gasteiger charge is -2.31. The van der Waals surface area contributed by atoms with Gasteiger partial charge in [0, 0.05) is 19.0 Å². The third kappa shape index (κ3) is 5.02. The van der Waals surface area contributed by atoms with Crippen LogP contribution in [0.25, 0.3) is 0 Å². The minimum atomic E-state index is -3.52. The highest BCUT2D eigenvalue weighted by Crippen LogP contribution is 2.26. The maximum Gasteiger partial charge on any atom is 0.243 e. The van der Waals surface area contributed by atoms with Crippen molar-refractivity contribution in [1.29, 1.82) is 0 Å². The second kappa shape index (κ2) is 9.62. The van der Waals surface area contributed by atoms with Crippen molar-refractivity contribution in [2.24, 2.45) is 5.92 Å². The molecular weight excluding hydrogens is 400 g/mol. The maximum absolute atomic E-state index is 12.9. The number of aryl methyl sites for hydroxylation is 1. The number of rotatable bonds is 7. The lowest BCUT2D eigenvalue weighted by molar-refractivity contribution is -0.126. The third-order valence-electron chi connectivity index (χ3n) is 5.73. The molecule has 0 spiro atoms. The Labute approximate surface area is 179 Å². The Hall–Kier alpha value is -2.38. The molecule has 0 bridgehead atoms. The Morgan fingerprint density at radius 3 is 2.23 bits per heavy atom. The molecule has 6 nitrogen and oxygen atoms in total. The zero-order chi connectivity index (χ0) is 21.7. The zero-order valence-electron chi connectivity index (χ0n) is 17.8. The monoisotopic (exact) mass is 430 g/mol. The molecule has 1 aliphatic heterocycles. The number of sulfonamides is 1. The number of ether oxygens (including phenoxy) is 1. The van der Waals surface area contributed by atoms with Crippen LogP contribution in [0.1, 0.15) is 43.4 Å². The van der Waals surface area contributed by atoms with E-state index < -0.39 is 10.0 Å². The predicted molar refractivity (Wildman–Crippen MR) is 117 cm³/mol. The van der Waals surface area contributed by atoms with Crippen molar-refractivity contribution in [2.75, 3.05) is 20.2 Å². The Kier molecular flexibility index (Phi) is 7.15. The van der Waals surface area contributed by atoms with Gasteiger partial charge in [0.2, 0.25) is 15.9 Å². The molecule has 1 aliphatic rings. The summed E-state index contributed by atoms with van der Waals surface area (Å²) in [4.78, 5) is 13.1. The van der Waals surface area contributed by atoms with Gasteiger partial charge in [0.25, 0.3) is 0 Å². The van der Waals surface area contributed by atoms with Crippen LogP contribution in [0, 0.1) is 12.8 Å². The molecule has 30 heavy (non-hydrogen) atoms. The Morgan fingerprint density at radius 1 is 1.10 bits per heavy atom. The van der Waals surface area contributed by atoms with Gasteiger partial charge in [0.05, 0.1) is 18.0 Å². The van der Waals surface area contributed by atoms with Gasteiger partial charge in [-0.2, -0.15) is 4.31 Å². The molecule has 162 valence electrons. The van der Waals surface area contributed by atoms with Gasteiger partial charge in [0.1, 0.15) is 5.75 Å². The first-order valence-corrected chi connectivity index (χ1v) is 11.8. The second-order valence-electron chi connectivity index (χ2n) is 7.73. The number of benzene rings is 2. The highest BCUT2D eigenvalue weighted by atomic mass is 32.2. The van der Waals surface area contributed by atoms with Crippen molar-refractivity contribution in [2.45, 2.75) is 44.0 Å². The van der Waals surface area contributed by atoms with Crippen LogP contribution in [0.5, 0.6) is 5.75 Å². The van der Waals surface area contributed by atoms with E-state index in [1.807, 2.05) is 38.1 Å². The molecule has 0 aromatic heterocycles. The van der Waals surface area contributed by atoms with E-state index in [9.17, 15) is 13.2 Å². The summed E-state index contributed by atoms with van der Waals surface area (Å²) < 4.78 is 32.4. The molecular formula is C23H30N2O4S. The van der Waals surface area contributed by atoms with Gasteiger partial charge in [0.15, 0.2) is 0 Å². The van der Waals surface area contributed by atoms with Crippen LogP contribution < -0.4 is 10.1 Å². The fraction of sp³-hybridized carbons (Fsp3) is 0.435. The van der Waals surface area contributed by atoms with E-state index in [0.29, 0.717) is 30.8 Å². The van der Waals surface area contributed by atoms with E-state index in [1.54, 1.807) is 31.4 Å². The van der Waals surface area contributed by atoms with Crippen LogP contribution in [-0.2, 0) is 14.8 Å². The summed E-state index contributed by atoms with van der Waals surface area (Å²) in [6.07, 6.45) is 1.82. The molecule has 0 radical (unpaired) electrons. The summed E-state index contributed by atoms with van der Waals surface area (Å²) in [6, 6.07) is 14.5. The molecule has 2 aromatic carbocycles. The first-order chi connectivity index (χ1) is 14.3. The smallest absolute Gasteiger partial charge is 0.243 e. The largest absolute Gasteiger partial charge is 0.497 e. The summed E-state index contributed by atoms with van der Waals surface area (Å²) in [5.74, 6) is 0.592. The van der Waals surface area contributed by atoms with Crippen molar-refractivity contribution in [1.82, 2.24) is 9.62 Å². The van der Waals surface area contributed by atoms with Crippen LogP contribution in [0.3, 0.4) is 0 Å². The van der Waals surface area contributed by atoms with Gasteiger partial charge < -0.3 is 10.1 Å².